The molecule has 1 atom stereocenters. The number of halogens is 5. The normalized spacial score (nSPS) is 21.0. The third-order valence-corrected chi connectivity index (χ3v) is 6.52. The van der Waals surface area contributed by atoms with Crippen molar-refractivity contribution in [1.82, 2.24) is 5.32 Å². The Morgan fingerprint density at radius 2 is 1.88 bits per heavy atom. The first kappa shape index (κ1) is 23.0. The van der Waals surface area contributed by atoms with Gasteiger partial charge in [-0.25, -0.2) is 0 Å². The van der Waals surface area contributed by atoms with Gasteiger partial charge >= 0.3 is 6.18 Å². The highest BCUT2D eigenvalue weighted by atomic mass is 35.5. The van der Waals surface area contributed by atoms with Crippen LogP contribution in [0.4, 0.5) is 13.2 Å². The van der Waals surface area contributed by atoms with Crippen molar-refractivity contribution in [2.24, 2.45) is 0 Å². The van der Waals surface area contributed by atoms with Crippen LogP contribution in [-0.4, -0.2) is 18.1 Å². The van der Waals surface area contributed by atoms with Crippen LogP contribution in [0.25, 0.3) is 5.57 Å². The number of fused-ring (bicyclic) bond motifs is 1. The lowest BCUT2D eigenvalue weighted by atomic mass is 9.87. The van der Waals surface area contributed by atoms with Gasteiger partial charge in [0.05, 0.1) is 0 Å². The maximum absolute atomic E-state index is 14.3. The van der Waals surface area contributed by atoms with Crippen LogP contribution in [0.15, 0.2) is 42.5 Å². The molecule has 1 amide bonds. The van der Waals surface area contributed by atoms with Gasteiger partial charge in [0.15, 0.2) is 0 Å². The van der Waals surface area contributed by atoms with Gasteiger partial charge in [-0.2, -0.15) is 13.2 Å². The Bertz CT molecular complexity index is 1060. The van der Waals surface area contributed by atoms with Crippen molar-refractivity contribution in [3.8, 4) is 5.75 Å². The quantitative estimate of drug-likeness (QED) is 0.472. The van der Waals surface area contributed by atoms with E-state index in [2.05, 4.69) is 5.32 Å². The SMILES string of the molecule is CCC(=CC(=O)NC1CCC1)c1ccc2c(c1)CC(c1cc(Cl)cc(Cl)c1)(C(F)(F)F)O2. The molecule has 2 aromatic rings. The summed E-state index contributed by atoms with van der Waals surface area (Å²) < 4.78 is 48.5. The molecule has 3 nitrogen and oxygen atoms in total. The first-order valence-corrected chi connectivity index (χ1v) is 11.2. The third-order valence-electron chi connectivity index (χ3n) is 6.08. The second kappa shape index (κ2) is 8.64. The van der Waals surface area contributed by atoms with Crippen LogP contribution < -0.4 is 10.1 Å². The smallest absolute Gasteiger partial charge is 0.432 e. The van der Waals surface area contributed by atoms with Crippen LogP contribution in [0, 0.1) is 0 Å². The third kappa shape index (κ3) is 4.35. The summed E-state index contributed by atoms with van der Waals surface area (Å²) >= 11 is 12.0. The Morgan fingerprint density at radius 1 is 1.19 bits per heavy atom. The van der Waals surface area contributed by atoms with E-state index in [1.807, 2.05) is 6.92 Å². The molecule has 1 heterocycles. The van der Waals surface area contributed by atoms with Crippen LogP contribution in [0.3, 0.4) is 0 Å². The first-order chi connectivity index (χ1) is 15.1. The Hall–Kier alpha value is -2.18. The second-order valence-electron chi connectivity index (χ2n) is 8.24. The monoisotopic (exact) mass is 483 g/mol. The van der Waals surface area contributed by atoms with Crippen LogP contribution in [0.2, 0.25) is 10.0 Å². The van der Waals surface area contributed by atoms with Gasteiger partial charge in [-0.15, -0.1) is 0 Å². The highest BCUT2D eigenvalue weighted by molar-refractivity contribution is 6.34. The number of benzene rings is 2. The molecule has 0 saturated heterocycles. The molecule has 170 valence electrons. The van der Waals surface area contributed by atoms with Crippen molar-refractivity contribution >= 4 is 34.7 Å². The fourth-order valence-electron chi connectivity index (χ4n) is 4.12. The predicted molar refractivity (Wildman–Crippen MR) is 119 cm³/mol. The zero-order chi connectivity index (χ0) is 23.1. The second-order valence-corrected chi connectivity index (χ2v) is 9.12. The minimum absolute atomic E-state index is 0.102. The number of alkyl halides is 3. The fraction of sp³-hybridized carbons (Fsp3) is 0.375. The van der Waals surface area contributed by atoms with E-state index in [9.17, 15) is 18.0 Å². The molecule has 0 aromatic heterocycles. The Labute approximate surface area is 194 Å². The van der Waals surface area contributed by atoms with Crippen molar-refractivity contribution < 1.29 is 22.7 Å². The number of allylic oxidation sites excluding steroid dienone is 1. The lowest BCUT2D eigenvalue weighted by molar-refractivity contribution is -0.248. The number of carbonyl (C=O) groups is 1. The molecule has 1 saturated carbocycles. The van der Waals surface area contributed by atoms with Gasteiger partial charge in [-0.1, -0.05) is 36.2 Å². The summed E-state index contributed by atoms with van der Waals surface area (Å²) in [6.45, 7) is 1.90. The van der Waals surface area contributed by atoms with Crippen molar-refractivity contribution in [2.45, 2.75) is 56.8 Å². The number of carbonyl (C=O) groups excluding carboxylic acids is 1. The molecule has 4 rings (SSSR count). The largest absolute Gasteiger partial charge is 0.472 e. The number of ether oxygens (including phenoxy) is 1. The molecule has 8 heteroatoms. The van der Waals surface area contributed by atoms with Crippen molar-refractivity contribution in [1.29, 1.82) is 0 Å². The van der Waals surface area contributed by atoms with Gasteiger partial charge in [0.2, 0.25) is 11.5 Å². The summed E-state index contributed by atoms with van der Waals surface area (Å²) in [5, 5.41) is 3.16. The molecule has 1 unspecified atom stereocenters. The van der Waals surface area contributed by atoms with Crippen molar-refractivity contribution in [3.05, 3.63) is 69.2 Å². The van der Waals surface area contributed by atoms with Crippen LogP contribution in [0.5, 0.6) is 5.75 Å². The van der Waals surface area contributed by atoms with E-state index in [0.717, 1.165) is 24.8 Å². The van der Waals surface area contributed by atoms with Crippen LogP contribution in [-0.2, 0) is 16.8 Å². The lowest BCUT2D eigenvalue weighted by Gasteiger charge is -2.31. The predicted octanol–water partition coefficient (Wildman–Crippen LogP) is 6.85. The number of nitrogens with one attached hydrogen (secondary N) is 1. The maximum Gasteiger partial charge on any atom is 0.432 e. The lowest BCUT2D eigenvalue weighted by Crippen LogP contribution is -2.46. The van der Waals surface area contributed by atoms with Crippen molar-refractivity contribution in [3.63, 3.8) is 0 Å². The zero-order valence-electron chi connectivity index (χ0n) is 17.4. The summed E-state index contributed by atoms with van der Waals surface area (Å²) in [5.74, 6) is -0.0296. The van der Waals surface area contributed by atoms with Gasteiger partial charge < -0.3 is 10.1 Å². The fourth-order valence-corrected chi connectivity index (χ4v) is 4.65. The molecular formula is C24H22Cl2F3NO2. The summed E-state index contributed by atoms with van der Waals surface area (Å²) in [6.07, 6.45) is 0.0387. The minimum Gasteiger partial charge on any atom is -0.472 e. The molecule has 1 fully saturated rings. The average molecular weight is 484 g/mol. The molecule has 1 N–H and O–H groups in total. The molecule has 0 radical (unpaired) electrons. The molecule has 1 aliphatic heterocycles. The number of rotatable bonds is 5. The topological polar surface area (TPSA) is 38.3 Å². The van der Waals surface area contributed by atoms with E-state index in [4.69, 9.17) is 27.9 Å². The standard InChI is InChI=1S/C24H22Cl2F3NO2/c1-2-14(9-22(31)30-20-4-3-5-20)15-6-7-21-16(8-15)13-23(32-21,24(27,28)29)17-10-18(25)12-19(26)11-17/h6-12,20H,2-5,13H2,1H3,(H,30,31). The van der Waals surface area contributed by atoms with E-state index in [1.165, 1.54) is 30.3 Å². The number of hydrogen-bond acceptors (Lipinski definition) is 2. The Kier molecular flexibility index (Phi) is 6.21. The van der Waals surface area contributed by atoms with Gasteiger partial charge in [0.25, 0.3) is 0 Å². The van der Waals surface area contributed by atoms with Gasteiger partial charge in [0, 0.05) is 34.1 Å². The van der Waals surface area contributed by atoms with Gasteiger partial charge in [-0.3, -0.25) is 4.79 Å². The molecule has 1 aliphatic carbocycles. The summed E-state index contributed by atoms with van der Waals surface area (Å²) in [7, 11) is 0. The average Bonchev–Trinajstić information content (AvgIpc) is 3.08. The van der Waals surface area contributed by atoms with Crippen LogP contribution >= 0.6 is 23.2 Å². The van der Waals surface area contributed by atoms with Crippen molar-refractivity contribution in [2.75, 3.05) is 0 Å². The zero-order valence-corrected chi connectivity index (χ0v) is 18.9. The number of hydrogen-bond donors (Lipinski definition) is 1. The van der Waals surface area contributed by atoms with Gasteiger partial charge in [-0.05, 0) is 72.7 Å². The van der Waals surface area contributed by atoms with E-state index in [1.54, 1.807) is 12.1 Å². The summed E-state index contributed by atoms with van der Waals surface area (Å²) in [4.78, 5) is 12.3. The van der Waals surface area contributed by atoms with E-state index < -0.39 is 18.2 Å². The summed E-state index contributed by atoms with van der Waals surface area (Å²) in [5.41, 5.74) is -0.873. The first-order valence-electron chi connectivity index (χ1n) is 10.5. The molecule has 2 aliphatic rings. The number of amides is 1. The minimum atomic E-state index is -4.70. The van der Waals surface area contributed by atoms with E-state index >= 15 is 0 Å². The molecule has 2 aromatic carbocycles. The highest BCUT2D eigenvalue weighted by Gasteiger charge is 2.61. The Morgan fingerprint density at radius 3 is 2.44 bits per heavy atom. The maximum atomic E-state index is 14.3. The Balaban J connectivity index is 1.67. The summed E-state index contributed by atoms with van der Waals surface area (Å²) in [6, 6.07) is 8.93. The molecule has 0 spiro atoms. The molecule has 0 bridgehead atoms. The molecule has 32 heavy (non-hydrogen) atoms. The van der Waals surface area contributed by atoms with E-state index in [0.29, 0.717) is 17.5 Å². The highest BCUT2D eigenvalue weighted by Crippen LogP contribution is 2.52. The molecular weight excluding hydrogens is 462 g/mol. The van der Waals surface area contributed by atoms with Gasteiger partial charge in [0.1, 0.15) is 5.75 Å². The van der Waals surface area contributed by atoms with E-state index in [-0.39, 0.29) is 33.3 Å². The van der Waals surface area contributed by atoms with Crippen LogP contribution in [0.1, 0.15) is 49.3 Å².